The molecule has 10 heavy (non-hydrogen) atoms. The van der Waals surface area contributed by atoms with Crippen molar-refractivity contribution in [3.8, 4) is 0 Å². The molecule has 0 aromatic rings. The first-order chi connectivity index (χ1) is 4.83. The molecule has 58 valence electrons. The maximum absolute atomic E-state index is 5.52. The van der Waals surface area contributed by atoms with Crippen LogP contribution >= 0.6 is 0 Å². The third-order valence-electron chi connectivity index (χ3n) is 1.97. The van der Waals surface area contributed by atoms with Crippen molar-refractivity contribution in [1.82, 2.24) is 0 Å². The highest BCUT2D eigenvalue weighted by molar-refractivity contribution is 4.75. The Hall–Kier alpha value is -0.300. The second-order valence-corrected chi connectivity index (χ2v) is 3.16. The largest absolute Gasteiger partial charge is 0.378 e. The van der Waals surface area contributed by atoms with Gasteiger partial charge in [0.1, 0.15) is 0 Å². The molecule has 1 saturated heterocycles. The van der Waals surface area contributed by atoms with Gasteiger partial charge in [-0.2, -0.15) is 0 Å². The highest BCUT2D eigenvalue weighted by atomic mass is 16.5. The summed E-state index contributed by atoms with van der Waals surface area (Å²) in [6, 6.07) is 0. The molecule has 0 aliphatic carbocycles. The summed E-state index contributed by atoms with van der Waals surface area (Å²) in [5.41, 5.74) is 0. The zero-order chi connectivity index (χ0) is 7.40. The quantitative estimate of drug-likeness (QED) is 0.547. The minimum atomic E-state index is 0.521. The molecule has 2 unspecified atom stereocenters. The number of rotatable bonds is 3. The van der Waals surface area contributed by atoms with Crippen LogP contribution in [-0.4, -0.2) is 12.7 Å². The van der Waals surface area contributed by atoms with Gasteiger partial charge in [-0.05, 0) is 25.2 Å². The molecule has 1 fully saturated rings. The summed E-state index contributed by atoms with van der Waals surface area (Å²) < 4.78 is 5.52. The summed E-state index contributed by atoms with van der Waals surface area (Å²) in [6.07, 6.45) is 5.98. The topological polar surface area (TPSA) is 9.23 Å². The highest BCUT2D eigenvalue weighted by Crippen LogP contribution is 2.21. The van der Waals surface area contributed by atoms with E-state index in [2.05, 4.69) is 13.5 Å². The van der Waals surface area contributed by atoms with Crippen molar-refractivity contribution in [2.75, 3.05) is 6.61 Å². The minimum Gasteiger partial charge on any atom is -0.378 e. The van der Waals surface area contributed by atoms with Gasteiger partial charge in [-0.25, -0.2) is 0 Å². The molecule has 1 aliphatic rings. The monoisotopic (exact) mass is 140 g/mol. The summed E-state index contributed by atoms with van der Waals surface area (Å²) in [6.45, 7) is 6.89. The zero-order valence-electron chi connectivity index (χ0n) is 6.68. The predicted octanol–water partition coefficient (Wildman–Crippen LogP) is 2.38. The second kappa shape index (κ2) is 3.77. The summed E-state index contributed by atoms with van der Waals surface area (Å²) in [5.74, 6) is 0.773. The summed E-state index contributed by atoms with van der Waals surface area (Å²) >= 11 is 0. The molecular formula is C9H16O. The Morgan fingerprint density at radius 1 is 1.70 bits per heavy atom. The van der Waals surface area contributed by atoms with Crippen molar-refractivity contribution in [1.29, 1.82) is 0 Å². The van der Waals surface area contributed by atoms with Gasteiger partial charge in [0.15, 0.2) is 0 Å². The molecule has 0 amide bonds. The standard InChI is InChI=1S/C9H16O/c1-3-4-5-9-6-8(2)7-10-9/h3,8-9H,1,4-7H2,2H3. The van der Waals surface area contributed by atoms with E-state index in [1.807, 2.05) is 6.08 Å². The maximum Gasteiger partial charge on any atom is 0.0581 e. The van der Waals surface area contributed by atoms with Crippen molar-refractivity contribution in [2.45, 2.75) is 32.3 Å². The van der Waals surface area contributed by atoms with Crippen LogP contribution in [0.3, 0.4) is 0 Å². The van der Waals surface area contributed by atoms with E-state index in [1.165, 1.54) is 6.42 Å². The lowest BCUT2D eigenvalue weighted by molar-refractivity contribution is 0.102. The molecule has 1 nitrogen and oxygen atoms in total. The molecular weight excluding hydrogens is 124 g/mol. The van der Waals surface area contributed by atoms with E-state index < -0.39 is 0 Å². The average molecular weight is 140 g/mol. The van der Waals surface area contributed by atoms with Crippen LogP contribution in [0.4, 0.5) is 0 Å². The normalized spacial score (nSPS) is 32.5. The van der Waals surface area contributed by atoms with Crippen LogP contribution in [0.15, 0.2) is 12.7 Å². The number of ether oxygens (including phenoxy) is 1. The Bertz CT molecular complexity index is 109. The molecule has 1 rings (SSSR count). The second-order valence-electron chi connectivity index (χ2n) is 3.16. The third kappa shape index (κ3) is 2.14. The van der Waals surface area contributed by atoms with Gasteiger partial charge in [0.25, 0.3) is 0 Å². The molecule has 0 saturated carbocycles. The van der Waals surface area contributed by atoms with Gasteiger partial charge in [-0.3, -0.25) is 0 Å². The van der Waals surface area contributed by atoms with Crippen LogP contribution < -0.4 is 0 Å². The van der Waals surface area contributed by atoms with E-state index in [-0.39, 0.29) is 0 Å². The Morgan fingerprint density at radius 3 is 3.00 bits per heavy atom. The molecule has 0 aromatic heterocycles. The van der Waals surface area contributed by atoms with Gasteiger partial charge < -0.3 is 4.74 Å². The Morgan fingerprint density at radius 2 is 2.50 bits per heavy atom. The van der Waals surface area contributed by atoms with E-state index in [4.69, 9.17) is 4.74 Å². The predicted molar refractivity (Wildman–Crippen MR) is 43.0 cm³/mol. The fourth-order valence-corrected chi connectivity index (χ4v) is 1.39. The number of allylic oxidation sites excluding steroid dienone is 1. The first-order valence-electron chi connectivity index (χ1n) is 4.05. The highest BCUT2D eigenvalue weighted by Gasteiger charge is 2.20. The van der Waals surface area contributed by atoms with Gasteiger partial charge in [0.05, 0.1) is 6.10 Å². The van der Waals surface area contributed by atoms with Crippen LogP contribution in [0.25, 0.3) is 0 Å². The van der Waals surface area contributed by atoms with Gasteiger partial charge in [0.2, 0.25) is 0 Å². The molecule has 1 aliphatic heterocycles. The van der Waals surface area contributed by atoms with E-state index in [0.29, 0.717) is 6.10 Å². The lowest BCUT2D eigenvalue weighted by Gasteiger charge is -2.05. The molecule has 0 aromatic carbocycles. The molecule has 0 bridgehead atoms. The van der Waals surface area contributed by atoms with Gasteiger partial charge in [-0.15, -0.1) is 6.58 Å². The average Bonchev–Trinajstić information content (AvgIpc) is 2.31. The van der Waals surface area contributed by atoms with Gasteiger partial charge >= 0.3 is 0 Å². The summed E-state index contributed by atoms with van der Waals surface area (Å²) in [7, 11) is 0. The molecule has 0 radical (unpaired) electrons. The van der Waals surface area contributed by atoms with Crippen molar-refractivity contribution in [2.24, 2.45) is 5.92 Å². The first kappa shape index (κ1) is 7.80. The zero-order valence-corrected chi connectivity index (χ0v) is 6.68. The Balaban J connectivity index is 2.12. The van der Waals surface area contributed by atoms with Crippen molar-refractivity contribution in [3.05, 3.63) is 12.7 Å². The van der Waals surface area contributed by atoms with Crippen LogP contribution in [0, 0.1) is 5.92 Å². The summed E-state index contributed by atoms with van der Waals surface area (Å²) in [4.78, 5) is 0. The van der Waals surface area contributed by atoms with E-state index in [0.717, 1.165) is 25.4 Å². The minimum absolute atomic E-state index is 0.521. The Labute approximate surface area is 63.1 Å². The van der Waals surface area contributed by atoms with Crippen LogP contribution in [-0.2, 0) is 4.74 Å². The molecule has 1 heterocycles. The maximum atomic E-state index is 5.52. The fourth-order valence-electron chi connectivity index (χ4n) is 1.39. The SMILES string of the molecule is C=CCCC1CC(C)CO1. The van der Waals surface area contributed by atoms with Crippen LogP contribution in [0.5, 0.6) is 0 Å². The third-order valence-corrected chi connectivity index (χ3v) is 1.97. The number of hydrogen-bond donors (Lipinski definition) is 0. The lowest BCUT2D eigenvalue weighted by Crippen LogP contribution is -2.03. The number of hydrogen-bond acceptors (Lipinski definition) is 1. The van der Waals surface area contributed by atoms with Crippen molar-refractivity contribution in [3.63, 3.8) is 0 Å². The smallest absolute Gasteiger partial charge is 0.0581 e. The van der Waals surface area contributed by atoms with E-state index >= 15 is 0 Å². The molecule has 1 heteroatoms. The lowest BCUT2D eigenvalue weighted by atomic mass is 10.1. The molecule has 0 spiro atoms. The molecule has 2 atom stereocenters. The van der Waals surface area contributed by atoms with Crippen LogP contribution in [0.2, 0.25) is 0 Å². The van der Waals surface area contributed by atoms with Gasteiger partial charge in [-0.1, -0.05) is 13.0 Å². The van der Waals surface area contributed by atoms with Gasteiger partial charge in [0, 0.05) is 6.61 Å². The van der Waals surface area contributed by atoms with E-state index in [9.17, 15) is 0 Å². The summed E-state index contributed by atoms with van der Waals surface area (Å²) in [5, 5.41) is 0. The van der Waals surface area contributed by atoms with E-state index in [1.54, 1.807) is 0 Å². The van der Waals surface area contributed by atoms with Crippen molar-refractivity contribution >= 4 is 0 Å². The molecule has 0 N–H and O–H groups in total. The van der Waals surface area contributed by atoms with Crippen molar-refractivity contribution < 1.29 is 4.74 Å². The first-order valence-corrected chi connectivity index (χ1v) is 4.05. The fraction of sp³-hybridized carbons (Fsp3) is 0.778. The van der Waals surface area contributed by atoms with Crippen LogP contribution in [0.1, 0.15) is 26.2 Å². The Kier molecular flexibility index (Phi) is 2.94.